The number of hydrogen-bond donors (Lipinski definition) is 1. The molecule has 6 atom stereocenters. The van der Waals surface area contributed by atoms with Crippen molar-refractivity contribution in [3.63, 3.8) is 0 Å². The van der Waals surface area contributed by atoms with Crippen LogP contribution in [0.1, 0.15) is 12.0 Å². The summed E-state index contributed by atoms with van der Waals surface area (Å²) >= 11 is 0. The minimum absolute atomic E-state index is 0.0821. The van der Waals surface area contributed by atoms with Crippen molar-refractivity contribution < 1.29 is 19.6 Å². The average molecular weight is 353 g/mol. The van der Waals surface area contributed by atoms with Crippen LogP contribution in [0, 0.1) is 45.6 Å². The van der Waals surface area contributed by atoms with E-state index in [-0.39, 0.29) is 52.5 Å². The van der Waals surface area contributed by atoms with Crippen LogP contribution >= 0.6 is 0 Å². The number of hydrazone groups is 1. The first kappa shape index (κ1) is 15.2. The van der Waals surface area contributed by atoms with Gasteiger partial charge in [0.1, 0.15) is 5.75 Å². The van der Waals surface area contributed by atoms with Gasteiger partial charge in [0.05, 0.1) is 23.0 Å². The lowest BCUT2D eigenvalue weighted by Crippen LogP contribution is -2.40. The predicted molar refractivity (Wildman–Crippen MR) is 88.9 cm³/mol. The van der Waals surface area contributed by atoms with Gasteiger partial charge in [-0.15, -0.1) is 0 Å². The number of rotatable bonds is 3. The fraction of sp³-hybridized carbons (Fsp3) is 0.389. The van der Waals surface area contributed by atoms with Crippen molar-refractivity contribution in [2.75, 3.05) is 0 Å². The molecule has 0 aromatic heterocycles. The van der Waals surface area contributed by atoms with Crippen molar-refractivity contribution in [2.45, 2.75) is 6.42 Å². The number of nitrogens with zero attached hydrogens (tertiary/aromatic N) is 3. The number of nitro benzene ring substituents is 1. The number of aromatic hydroxyl groups is 1. The van der Waals surface area contributed by atoms with E-state index in [1.54, 1.807) is 0 Å². The van der Waals surface area contributed by atoms with Crippen molar-refractivity contribution in [3.05, 3.63) is 46.0 Å². The number of non-ortho nitro benzene ring substituents is 1. The van der Waals surface area contributed by atoms with Gasteiger partial charge in [-0.2, -0.15) is 10.1 Å². The zero-order chi connectivity index (χ0) is 18.2. The number of allylic oxidation sites excluding steroid dienone is 2. The van der Waals surface area contributed by atoms with Gasteiger partial charge in [0.15, 0.2) is 0 Å². The van der Waals surface area contributed by atoms with Gasteiger partial charge in [0.25, 0.3) is 17.5 Å². The molecule has 132 valence electrons. The third kappa shape index (κ3) is 1.92. The highest BCUT2D eigenvalue weighted by Gasteiger charge is 2.67. The molecular formula is C18H15N3O5. The predicted octanol–water partition coefficient (Wildman–Crippen LogP) is 1.69. The Kier molecular flexibility index (Phi) is 2.93. The maximum atomic E-state index is 12.8. The fourth-order valence-electron chi connectivity index (χ4n) is 4.93. The van der Waals surface area contributed by atoms with Crippen LogP contribution in [-0.4, -0.2) is 33.1 Å². The van der Waals surface area contributed by atoms with Crippen molar-refractivity contribution in [2.24, 2.45) is 40.6 Å². The van der Waals surface area contributed by atoms with Crippen molar-refractivity contribution in [3.8, 4) is 5.75 Å². The van der Waals surface area contributed by atoms with Crippen LogP contribution in [0.25, 0.3) is 0 Å². The minimum Gasteiger partial charge on any atom is -0.507 e. The van der Waals surface area contributed by atoms with Crippen LogP contribution in [0.15, 0.2) is 35.5 Å². The van der Waals surface area contributed by atoms with Gasteiger partial charge in [0, 0.05) is 17.7 Å². The monoisotopic (exact) mass is 353 g/mol. The summed E-state index contributed by atoms with van der Waals surface area (Å²) in [5.74, 6) is -0.305. The van der Waals surface area contributed by atoms with Gasteiger partial charge in [-0.1, -0.05) is 12.2 Å². The molecule has 0 spiro atoms. The van der Waals surface area contributed by atoms with E-state index in [2.05, 4.69) is 17.3 Å². The number of carbonyl (C=O) groups is 2. The molecule has 3 fully saturated rings. The van der Waals surface area contributed by atoms with E-state index in [0.717, 1.165) is 23.7 Å². The van der Waals surface area contributed by atoms with E-state index >= 15 is 0 Å². The molecule has 4 aliphatic carbocycles. The standard InChI is InChI=1S/C18H15N3O5/c22-14-4-1-9(21(25)26)5-8(14)7-19-20-17(23)15-10-2-3-11(13-6-12(10)13)16(15)18(20)24/h1-5,7,10-13,15-16,22H,6H2/b19-7-/t10-,11-,12-,13+,15+,16-/m1/s1. The highest BCUT2D eigenvalue weighted by Crippen LogP contribution is 2.65. The Morgan fingerprint density at radius 2 is 1.77 bits per heavy atom. The molecule has 8 heteroatoms. The molecule has 2 amide bonds. The molecule has 8 nitrogen and oxygen atoms in total. The quantitative estimate of drug-likeness (QED) is 0.292. The lowest BCUT2D eigenvalue weighted by Gasteiger charge is -2.37. The number of benzene rings is 1. The van der Waals surface area contributed by atoms with Gasteiger partial charge >= 0.3 is 0 Å². The first-order valence-corrected chi connectivity index (χ1v) is 8.55. The molecule has 2 saturated carbocycles. The largest absolute Gasteiger partial charge is 0.507 e. The molecule has 0 radical (unpaired) electrons. The van der Waals surface area contributed by atoms with Crippen molar-refractivity contribution in [1.82, 2.24) is 5.01 Å². The van der Waals surface area contributed by atoms with E-state index in [4.69, 9.17) is 0 Å². The Bertz CT molecular complexity index is 887. The third-order valence-electron chi connectivity index (χ3n) is 6.17. The van der Waals surface area contributed by atoms with Crippen molar-refractivity contribution in [1.29, 1.82) is 0 Å². The van der Waals surface area contributed by atoms with E-state index in [1.165, 1.54) is 12.1 Å². The summed E-state index contributed by atoms with van der Waals surface area (Å²) in [5, 5.41) is 25.6. The van der Waals surface area contributed by atoms with E-state index < -0.39 is 4.92 Å². The first-order valence-electron chi connectivity index (χ1n) is 8.55. The molecule has 5 aliphatic rings. The summed E-state index contributed by atoms with van der Waals surface area (Å²) in [6.07, 6.45) is 6.36. The highest BCUT2D eigenvalue weighted by molar-refractivity contribution is 6.06. The van der Waals surface area contributed by atoms with Crippen LogP contribution in [0.5, 0.6) is 5.75 Å². The van der Waals surface area contributed by atoms with Gasteiger partial charge in [-0.3, -0.25) is 19.7 Å². The lowest BCUT2D eigenvalue weighted by atomic mass is 9.63. The number of nitro groups is 1. The molecular weight excluding hydrogens is 338 g/mol. The van der Waals surface area contributed by atoms with E-state index in [9.17, 15) is 24.8 Å². The minimum atomic E-state index is -0.590. The van der Waals surface area contributed by atoms with Gasteiger partial charge < -0.3 is 5.11 Å². The molecule has 2 bridgehead atoms. The van der Waals surface area contributed by atoms with Crippen LogP contribution in [-0.2, 0) is 9.59 Å². The number of carbonyl (C=O) groups excluding carboxylic acids is 2. The number of hydrogen-bond acceptors (Lipinski definition) is 6. The lowest BCUT2D eigenvalue weighted by molar-refractivity contribution is -0.384. The van der Waals surface area contributed by atoms with Crippen molar-refractivity contribution >= 4 is 23.7 Å². The summed E-state index contributed by atoms with van der Waals surface area (Å²) in [4.78, 5) is 35.8. The van der Waals surface area contributed by atoms with Crippen LogP contribution in [0.4, 0.5) is 5.69 Å². The molecule has 1 heterocycles. The summed E-state index contributed by atoms with van der Waals surface area (Å²) in [5.41, 5.74) is -0.127. The number of amides is 2. The Morgan fingerprint density at radius 1 is 1.15 bits per heavy atom. The topological polar surface area (TPSA) is 113 Å². The Balaban J connectivity index is 1.45. The summed E-state index contributed by atoms with van der Waals surface area (Å²) in [6, 6.07) is 3.50. The second kappa shape index (κ2) is 5.00. The molecule has 1 aliphatic heterocycles. The SMILES string of the molecule is O=C1[C@@H]2[C@@H]3C=C[C@H]([C@H]4C[C@@H]34)[C@@H]2C(=O)N1/N=C\c1cc([N+](=O)[O-])ccc1O. The molecule has 6 rings (SSSR count). The Hall–Kier alpha value is -3.03. The van der Waals surface area contributed by atoms with Crippen LogP contribution < -0.4 is 0 Å². The number of imide groups is 1. The second-order valence-corrected chi connectivity index (χ2v) is 7.39. The van der Waals surface area contributed by atoms with Gasteiger partial charge in [-0.05, 0) is 36.2 Å². The van der Waals surface area contributed by atoms with Gasteiger partial charge in [-0.25, -0.2) is 0 Å². The molecule has 0 unspecified atom stereocenters. The summed E-state index contributed by atoms with van der Waals surface area (Å²) in [7, 11) is 0. The number of phenolic OH excluding ortho intramolecular Hbond substituents is 1. The maximum absolute atomic E-state index is 12.8. The maximum Gasteiger partial charge on any atom is 0.270 e. The smallest absolute Gasteiger partial charge is 0.270 e. The van der Waals surface area contributed by atoms with E-state index in [0.29, 0.717) is 11.8 Å². The van der Waals surface area contributed by atoms with Crippen LogP contribution in [0.3, 0.4) is 0 Å². The molecule has 1 saturated heterocycles. The summed E-state index contributed by atoms with van der Waals surface area (Å²) < 4.78 is 0. The molecule has 1 aromatic rings. The molecule has 26 heavy (non-hydrogen) atoms. The first-order chi connectivity index (χ1) is 12.5. The normalized spacial score (nSPS) is 36.5. The summed E-state index contributed by atoms with van der Waals surface area (Å²) in [6.45, 7) is 0. The highest BCUT2D eigenvalue weighted by atomic mass is 16.6. The second-order valence-electron chi connectivity index (χ2n) is 7.39. The number of phenols is 1. The average Bonchev–Trinajstić information content (AvgIpc) is 3.40. The fourth-order valence-corrected chi connectivity index (χ4v) is 4.93. The Labute approximate surface area is 147 Å². The van der Waals surface area contributed by atoms with Crippen LogP contribution in [0.2, 0.25) is 0 Å². The van der Waals surface area contributed by atoms with E-state index in [1.807, 2.05) is 0 Å². The zero-order valence-corrected chi connectivity index (χ0v) is 13.6. The molecule has 1 aromatic carbocycles. The van der Waals surface area contributed by atoms with Gasteiger partial charge in [0.2, 0.25) is 0 Å². The Morgan fingerprint density at radius 3 is 2.35 bits per heavy atom. The molecule has 1 N–H and O–H groups in total. The third-order valence-corrected chi connectivity index (χ3v) is 6.17. The zero-order valence-electron chi connectivity index (χ0n) is 13.6.